The van der Waals surface area contributed by atoms with Crippen molar-refractivity contribution in [1.82, 2.24) is 4.90 Å². The molecule has 1 aromatic rings. The second-order valence-electron chi connectivity index (χ2n) is 6.77. The third-order valence-electron chi connectivity index (χ3n) is 4.04. The van der Waals surface area contributed by atoms with Gasteiger partial charge in [-0.1, -0.05) is 19.9 Å². The molecule has 0 bridgehead atoms. The zero-order chi connectivity index (χ0) is 18.6. The minimum absolute atomic E-state index is 0.124. The molecule has 1 saturated carbocycles. The van der Waals surface area contributed by atoms with E-state index in [1.54, 1.807) is 12.1 Å². The molecule has 0 aliphatic heterocycles. The molecular weight excluding hydrogens is 342 g/mol. The monoisotopic (exact) mass is 369 g/mol. The highest BCUT2D eigenvalue weighted by Gasteiger charge is 2.32. The summed E-state index contributed by atoms with van der Waals surface area (Å²) in [5.41, 5.74) is 0.825. The summed E-state index contributed by atoms with van der Waals surface area (Å²) in [6, 6.07) is 5.44. The molecule has 1 aliphatic rings. The lowest BCUT2D eigenvalue weighted by Crippen LogP contribution is -2.33. The second kappa shape index (κ2) is 8.08. The van der Waals surface area contributed by atoms with Crippen LogP contribution in [0.25, 0.3) is 0 Å². The molecule has 0 spiro atoms. The Hall–Kier alpha value is -1.76. The second-order valence-corrected chi connectivity index (χ2v) is 8.63. The predicted molar refractivity (Wildman–Crippen MR) is 96.1 cm³/mol. The van der Waals surface area contributed by atoms with Crippen LogP contribution in [0.1, 0.15) is 45.6 Å². The molecule has 7 heteroatoms. The number of hydrogen-bond acceptors (Lipinski definition) is 5. The first-order valence-corrected chi connectivity index (χ1v) is 10.2. The van der Waals surface area contributed by atoms with Gasteiger partial charge in [0, 0.05) is 19.0 Å². The van der Waals surface area contributed by atoms with Crippen molar-refractivity contribution in [2.24, 2.45) is 5.92 Å². The lowest BCUT2D eigenvalue weighted by atomic mass is 10.1. The molecule has 0 unspecified atom stereocenters. The molecule has 0 radical (unpaired) electrons. The number of methoxy groups -OCH3 is 1. The van der Waals surface area contributed by atoms with Crippen LogP contribution in [0.2, 0.25) is 0 Å². The van der Waals surface area contributed by atoms with Gasteiger partial charge in [-0.2, -0.15) is 8.42 Å². The van der Waals surface area contributed by atoms with Crippen molar-refractivity contribution in [2.45, 2.75) is 52.6 Å². The molecule has 140 valence electrons. The molecule has 1 aromatic carbocycles. The predicted octanol–water partition coefficient (Wildman–Crippen LogP) is 2.96. The van der Waals surface area contributed by atoms with E-state index in [4.69, 9.17) is 8.92 Å². The van der Waals surface area contributed by atoms with E-state index in [0.29, 0.717) is 24.6 Å². The van der Waals surface area contributed by atoms with Crippen molar-refractivity contribution >= 4 is 16.0 Å². The average Bonchev–Trinajstić information content (AvgIpc) is 3.36. The van der Waals surface area contributed by atoms with E-state index in [0.717, 1.165) is 18.4 Å². The van der Waals surface area contributed by atoms with Crippen LogP contribution in [0.15, 0.2) is 18.2 Å². The fraction of sp³-hybridized carbons (Fsp3) is 0.611. The Kier molecular flexibility index (Phi) is 6.32. The van der Waals surface area contributed by atoms with Gasteiger partial charge in [-0.05, 0) is 43.4 Å². The van der Waals surface area contributed by atoms with Crippen LogP contribution in [0, 0.1) is 5.92 Å². The number of rotatable bonds is 9. The van der Waals surface area contributed by atoms with Gasteiger partial charge in [0.05, 0.1) is 12.9 Å². The van der Waals surface area contributed by atoms with Crippen LogP contribution in [-0.4, -0.2) is 38.1 Å². The smallest absolute Gasteiger partial charge is 0.309 e. The first-order chi connectivity index (χ1) is 11.8. The Morgan fingerprint density at radius 3 is 2.48 bits per heavy atom. The summed E-state index contributed by atoms with van der Waals surface area (Å²) in [7, 11) is -2.19. The molecule has 0 heterocycles. The maximum atomic E-state index is 12.5. The number of hydrogen-bond donors (Lipinski definition) is 0. The van der Waals surface area contributed by atoms with Crippen molar-refractivity contribution < 1.29 is 22.1 Å². The van der Waals surface area contributed by atoms with Gasteiger partial charge in [0.25, 0.3) is 0 Å². The molecule has 0 atom stereocenters. The SMILES string of the molecule is CCS(=O)(=O)Oc1cc(CN(C(=O)CC(C)C)C2CC2)ccc1OC. The molecule has 1 fully saturated rings. The van der Waals surface area contributed by atoms with Crippen LogP contribution < -0.4 is 8.92 Å². The number of ether oxygens (including phenoxy) is 1. The molecule has 0 N–H and O–H groups in total. The Bertz CT molecular complexity index is 710. The quantitative estimate of drug-likeness (QED) is 0.626. The number of carbonyl (C=O) groups is 1. The van der Waals surface area contributed by atoms with Crippen LogP contribution in [0.3, 0.4) is 0 Å². The first-order valence-electron chi connectivity index (χ1n) is 8.64. The van der Waals surface area contributed by atoms with E-state index in [2.05, 4.69) is 0 Å². The van der Waals surface area contributed by atoms with E-state index >= 15 is 0 Å². The Balaban J connectivity index is 2.21. The topological polar surface area (TPSA) is 72.9 Å². The largest absolute Gasteiger partial charge is 0.493 e. The van der Waals surface area contributed by atoms with Crippen LogP contribution in [-0.2, 0) is 21.5 Å². The lowest BCUT2D eigenvalue weighted by Gasteiger charge is -2.24. The van der Waals surface area contributed by atoms with Crippen molar-refractivity contribution in [3.63, 3.8) is 0 Å². The maximum absolute atomic E-state index is 12.5. The first kappa shape index (κ1) is 19.6. The normalized spacial score (nSPS) is 14.4. The minimum Gasteiger partial charge on any atom is -0.493 e. The van der Waals surface area contributed by atoms with Crippen LogP contribution in [0.5, 0.6) is 11.5 Å². The summed E-state index contributed by atoms with van der Waals surface area (Å²) in [5.74, 6) is 0.831. The molecule has 0 aromatic heterocycles. The molecule has 6 nitrogen and oxygen atoms in total. The van der Waals surface area contributed by atoms with Crippen molar-refractivity contribution in [3.05, 3.63) is 23.8 Å². The highest BCUT2D eigenvalue weighted by Crippen LogP contribution is 2.33. The third kappa shape index (κ3) is 5.63. The maximum Gasteiger partial charge on any atom is 0.309 e. The molecular formula is C18H27NO5S. The average molecular weight is 369 g/mol. The standard InChI is InChI=1S/C18H27NO5S/c1-5-25(21,22)24-17-11-14(6-9-16(17)23-4)12-19(15-7-8-15)18(20)10-13(2)3/h6,9,11,13,15H,5,7-8,10,12H2,1-4H3. The van der Waals surface area contributed by atoms with Gasteiger partial charge in [-0.15, -0.1) is 0 Å². The highest BCUT2D eigenvalue weighted by atomic mass is 32.2. The highest BCUT2D eigenvalue weighted by molar-refractivity contribution is 7.87. The van der Waals surface area contributed by atoms with Gasteiger partial charge in [-0.3, -0.25) is 4.79 Å². The minimum atomic E-state index is -3.65. The summed E-state index contributed by atoms with van der Waals surface area (Å²) in [4.78, 5) is 14.4. The number of amides is 1. The fourth-order valence-corrected chi connectivity index (χ4v) is 3.07. The lowest BCUT2D eigenvalue weighted by molar-refractivity contribution is -0.133. The Labute approximate surface area is 150 Å². The van der Waals surface area contributed by atoms with Gasteiger partial charge >= 0.3 is 10.1 Å². The van der Waals surface area contributed by atoms with Gasteiger partial charge < -0.3 is 13.8 Å². The fourth-order valence-electron chi connectivity index (χ4n) is 2.55. The molecule has 2 rings (SSSR count). The van der Waals surface area contributed by atoms with Gasteiger partial charge in [-0.25, -0.2) is 0 Å². The van der Waals surface area contributed by atoms with E-state index in [1.165, 1.54) is 14.0 Å². The third-order valence-corrected chi connectivity index (χ3v) is 5.18. The summed E-state index contributed by atoms with van der Waals surface area (Å²) in [5, 5.41) is 0. The molecule has 1 aliphatic carbocycles. The van der Waals surface area contributed by atoms with Crippen molar-refractivity contribution in [3.8, 4) is 11.5 Å². The zero-order valence-corrected chi connectivity index (χ0v) is 16.1. The summed E-state index contributed by atoms with van der Waals surface area (Å²) in [6.45, 7) is 6.02. The number of nitrogens with zero attached hydrogens (tertiary/aromatic N) is 1. The summed E-state index contributed by atoms with van der Waals surface area (Å²) in [6.07, 6.45) is 2.56. The molecule has 25 heavy (non-hydrogen) atoms. The summed E-state index contributed by atoms with van der Waals surface area (Å²) < 4.78 is 33.9. The van der Waals surface area contributed by atoms with Crippen molar-refractivity contribution in [1.29, 1.82) is 0 Å². The van der Waals surface area contributed by atoms with Crippen LogP contribution in [0.4, 0.5) is 0 Å². The van der Waals surface area contributed by atoms with E-state index in [1.807, 2.05) is 24.8 Å². The summed E-state index contributed by atoms with van der Waals surface area (Å²) >= 11 is 0. The van der Waals surface area contributed by atoms with Gasteiger partial charge in [0.2, 0.25) is 5.91 Å². The van der Waals surface area contributed by atoms with Gasteiger partial charge in [0.1, 0.15) is 0 Å². The Morgan fingerprint density at radius 2 is 1.96 bits per heavy atom. The molecule has 1 amide bonds. The number of benzene rings is 1. The van der Waals surface area contributed by atoms with E-state index in [-0.39, 0.29) is 23.5 Å². The van der Waals surface area contributed by atoms with E-state index in [9.17, 15) is 13.2 Å². The zero-order valence-electron chi connectivity index (χ0n) is 15.3. The molecule has 0 saturated heterocycles. The Morgan fingerprint density at radius 1 is 1.28 bits per heavy atom. The number of carbonyl (C=O) groups excluding carboxylic acids is 1. The van der Waals surface area contributed by atoms with Crippen molar-refractivity contribution in [2.75, 3.05) is 12.9 Å². The van der Waals surface area contributed by atoms with E-state index < -0.39 is 10.1 Å². The van der Waals surface area contributed by atoms with Crippen LogP contribution >= 0.6 is 0 Å². The van der Waals surface area contributed by atoms with Gasteiger partial charge in [0.15, 0.2) is 11.5 Å².